The molecule has 0 aliphatic carbocycles. The molecule has 0 amide bonds. The van der Waals surface area contributed by atoms with Crippen molar-refractivity contribution in [2.45, 2.75) is 0 Å². The molecule has 2 aromatic rings. The normalized spacial score (nSPS) is 10.0. The minimum absolute atomic E-state index is 0.0127. The van der Waals surface area contributed by atoms with Crippen molar-refractivity contribution in [3.63, 3.8) is 0 Å². The summed E-state index contributed by atoms with van der Waals surface area (Å²) in [5.74, 6) is 0.241. The van der Waals surface area contributed by atoms with Crippen molar-refractivity contribution in [3.05, 3.63) is 34.7 Å². The number of nitrogens with one attached hydrogen (secondary N) is 2. The van der Waals surface area contributed by atoms with E-state index < -0.39 is 5.69 Å². The molecule has 1 heterocycles. The molecule has 0 saturated carbocycles. The molecule has 0 aliphatic heterocycles. The van der Waals surface area contributed by atoms with Crippen LogP contribution in [0.4, 0.5) is 17.6 Å². The van der Waals surface area contributed by atoms with Gasteiger partial charge in [-0.15, -0.1) is 0 Å². The molecule has 0 saturated heterocycles. The zero-order valence-electron chi connectivity index (χ0n) is 8.14. The van der Waals surface area contributed by atoms with E-state index in [-0.39, 0.29) is 17.6 Å². The summed E-state index contributed by atoms with van der Waals surface area (Å²) in [5, 5.41) is 11.9. The second kappa shape index (κ2) is 3.89. The number of nitrogen functional groups attached to an aromatic ring is 1. The van der Waals surface area contributed by atoms with E-state index >= 15 is 0 Å². The van der Waals surface area contributed by atoms with Gasteiger partial charge in [0.2, 0.25) is 11.9 Å². The van der Waals surface area contributed by atoms with Gasteiger partial charge in [-0.3, -0.25) is 4.98 Å². The highest BCUT2D eigenvalue weighted by Crippen LogP contribution is 2.16. The van der Waals surface area contributed by atoms with Crippen LogP contribution in [0.3, 0.4) is 0 Å². The number of phenolic OH excluding ortho intramolecular Hbond substituents is 1. The fourth-order valence-corrected chi connectivity index (χ4v) is 1.13. The highest BCUT2D eigenvalue weighted by Gasteiger charge is 2.00. The first-order chi connectivity index (χ1) is 7.63. The quantitative estimate of drug-likeness (QED) is 0.536. The van der Waals surface area contributed by atoms with Crippen LogP contribution in [0, 0.1) is 0 Å². The highest BCUT2D eigenvalue weighted by molar-refractivity contribution is 5.54. The van der Waals surface area contributed by atoms with Crippen LogP contribution < -0.4 is 16.7 Å². The van der Waals surface area contributed by atoms with Crippen LogP contribution in [-0.4, -0.2) is 20.1 Å². The number of hydrogen-bond acceptors (Lipinski definition) is 6. The predicted octanol–water partition coefficient (Wildman–Crippen LogP) is 0.196. The van der Waals surface area contributed by atoms with Gasteiger partial charge in [-0.2, -0.15) is 9.97 Å². The number of anilines is 3. The Hall–Kier alpha value is -2.57. The van der Waals surface area contributed by atoms with Gasteiger partial charge in [0.25, 0.3) is 0 Å². The van der Waals surface area contributed by atoms with Gasteiger partial charge in [-0.05, 0) is 24.3 Å². The summed E-state index contributed by atoms with van der Waals surface area (Å²) in [6, 6.07) is 6.24. The van der Waals surface area contributed by atoms with Gasteiger partial charge in [0.15, 0.2) is 0 Å². The first-order valence-corrected chi connectivity index (χ1v) is 4.43. The topological polar surface area (TPSA) is 117 Å². The third kappa shape index (κ3) is 2.27. The number of hydrogen-bond donors (Lipinski definition) is 4. The molecule has 16 heavy (non-hydrogen) atoms. The monoisotopic (exact) mass is 219 g/mol. The molecule has 0 fully saturated rings. The number of benzene rings is 1. The Morgan fingerprint density at radius 2 is 1.94 bits per heavy atom. The molecule has 0 bridgehead atoms. The van der Waals surface area contributed by atoms with Crippen LogP contribution in [0.5, 0.6) is 5.75 Å². The van der Waals surface area contributed by atoms with Crippen LogP contribution >= 0.6 is 0 Å². The minimum atomic E-state index is -0.575. The Labute approximate surface area is 90.0 Å². The number of aromatic amines is 1. The molecule has 0 radical (unpaired) electrons. The maximum atomic E-state index is 11.0. The molecule has 0 unspecified atom stereocenters. The average Bonchev–Trinajstić information content (AvgIpc) is 2.20. The molecule has 2 rings (SSSR count). The number of H-pyrrole nitrogens is 1. The van der Waals surface area contributed by atoms with Crippen molar-refractivity contribution in [1.29, 1.82) is 0 Å². The van der Waals surface area contributed by atoms with Crippen LogP contribution in [-0.2, 0) is 0 Å². The third-order valence-electron chi connectivity index (χ3n) is 1.79. The van der Waals surface area contributed by atoms with E-state index in [0.717, 1.165) is 0 Å². The van der Waals surface area contributed by atoms with Crippen molar-refractivity contribution in [2.24, 2.45) is 0 Å². The average molecular weight is 219 g/mol. The summed E-state index contributed by atoms with van der Waals surface area (Å²) in [7, 11) is 0. The van der Waals surface area contributed by atoms with Gasteiger partial charge < -0.3 is 16.2 Å². The standard InChI is InChI=1S/C9H9N5O2/c10-7-12-8(14-9(16)13-7)11-5-1-3-6(15)4-2-5/h1-4,15H,(H4,10,11,12,13,14,16). The zero-order chi connectivity index (χ0) is 11.5. The number of nitrogens with two attached hydrogens (primary N) is 1. The van der Waals surface area contributed by atoms with E-state index in [9.17, 15) is 4.79 Å². The second-order valence-corrected chi connectivity index (χ2v) is 3.03. The number of aromatic hydroxyl groups is 1. The smallest absolute Gasteiger partial charge is 0.350 e. The first kappa shape index (κ1) is 9.97. The summed E-state index contributed by atoms with van der Waals surface area (Å²) in [5.41, 5.74) is 5.42. The molecule has 82 valence electrons. The maximum Gasteiger partial charge on any atom is 0.350 e. The van der Waals surface area contributed by atoms with Gasteiger partial charge in [0.05, 0.1) is 0 Å². The van der Waals surface area contributed by atoms with E-state index in [4.69, 9.17) is 10.8 Å². The lowest BCUT2D eigenvalue weighted by Crippen LogP contribution is -2.16. The maximum absolute atomic E-state index is 11.0. The van der Waals surface area contributed by atoms with Gasteiger partial charge in [0.1, 0.15) is 5.75 Å². The molecule has 0 atom stereocenters. The molecule has 7 heteroatoms. The van der Waals surface area contributed by atoms with Gasteiger partial charge in [-0.25, -0.2) is 4.79 Å². The Bertz CT molecular complexity index is 549. The SMILES string of the molecule is Nc1nc(Nc2ccc(O)cc2)nc(=O)[nH]1. The van der Waals surface area contributed by atoms with E-state index in [0.29, 0.717) is 5.69 Å². The van der Waals surface area contributed by atoms with Crippen LogP contribution in [0.25, 0.3) is 0 Å². The first-order valence-electron chi connectivity index (χ1n) is 4.43. The van der Waals surface area contributed by atoms with Gasteiger partial charge in [-0.1, -0.05) is 0 Å². The lowest BCUT2D eigenvalue weighted by atomic mass is 10.3. The summed E-state index contributed by atoms with van der Waals surface area (Å²) in [6.45, 7) is 0. The third-order valence-corrected chi connectivity index (χ3v) is 1.79. The largest absolute Gasteiger partial charge is 0.508 e. The molecule has 0 spiro atoms. The van der Waals surface area contributed by atoms with E-state index in [1.807, 2.05) is 0 Å². The van der Waals surface area contributed by atoms with Crippen LogP contribution in [0.2, 0.25) is 0 Å². The van der Waals surface area contributed by atoms with Crippen molar-refractivity contribution >= 4 is 17.6 Å². The van der Waals surface area contributed by atoms with Crippen molar-refractivity contribution in [3.8, 4) is 5.75 Å². The van der Waals surface area contributed by atoms with E-state index in [1.54, 1.807) is 12.1 Å². The van der Waals surface area contributed by atoms with Crippen molar-refractivity contribution in [1.82, 2.24) is 15.0 Å². The van der Waals surface area contributed by atoms with E-state index in [2.05, 4.69) is 20.3 Å². The Kier molecular flexibility index (Phi) is 2.42. The summed E-state index contributed by atoms with van der Waals surface area (Å²) in [6.07, 6.45) is 0. The van der Waals surface area contributed by atoms with Crippen LogP contribution in [0.1, 0.15) is 0 Å². The number of phenols is 1. The lowest BCUT2D eigenvalue weighted by molar-refractivity contribution is 0.475. The van der Waals surface area contributed by atoms with Crippen molar-refractivity contribution < 1.29 is 5.11 Å². The molecule has 7 nitrogen and oxygen atoms in total. The fourth-order valence-electron chi connectivity index (χ4n) is 1.13. The number of aromatic nitrogens is 3. The summed E-state index contributed by atoms with van der Waals surface area (Å²) < 4.78 is 0. The predicted molar refractivity (Wildman–Crippen MR) is 58.5 cm³/mol. The molecule has 1 aromatic heterocycles. The lowest BCUT2D eigenvalue weighted by Gasteiger charge is -2.04. The Morgan fingerprint density at radius 3 is 2.56 bits per heavy atom. The molecular formula is C9H9N5O2. The Morgan fingerprint density at radius 1 is 1.25 bits per heavy atom. The number of nitrogens with zero attached hydrogens (tertiary/aromatic N) is 2. The summed E-state index contributed by atoms with van der Waals surface area (Å²) >= 11 is 0. The molecule has 0 aliphatic rings. The van der Waals surface area contributed by atoms with Crippen molar-refractivity contribution in [2.75, 3.05) is 11.1 Å². The Balaban J connectivity index is 2.26. The summed E-state index contributed by atoms with van der Waals surface area (Å²) in [4.78, 5) is 20.6. The van der Waals surface area contributed by atoms with Gasteiger partial charge >= 0.3 is 5.69 Å². The fraction of sp³-hybridized carbons (Fsp3) is 0. The molecule has 5 N–H and O–H groups in total. The molecular weight excluding hydrogens is 210 g/mol. The van der Waals surface area contributed by atoms with Gasteiger partial charge in [0, 0.05) is 5.69 Å². The van der Waals surface area contributed by atoms with E-state index in [1.165, 1.54) is 12.1 Å². The zero-order valence-corrected chi connectivity index (χ0v) is 8.14. The highest BCUT2D eigenvalue weighted by atomic mass is 16.3. The number of rotatable bonds is 2. The molecule has 1 aromatic carbocycles. The second-order valence-electron chi connectivity index (χ2n) is 3.03. The van der Waals surface area contributed by atoms with Crippen LogP contribution in [0.15, 0.2) is 29.1 Å². The minimum Gasteiger partial charge on any atom is -0.508 e.